The Bertz CT molecular complexity index is 424. The average molecular weight is 254 g/mol. The summed E-state index contributed by atoms with van der Waals surface area (Å²) in [7, 11) is 1.80. The molecule has 0 aliphatic rings. The van der Waals surface area contributed by atoms with E-state index in [-0.39, 0.29) is 0 Å². The van der Waals surface area contributed by atoms with Crippen LogP contribution in [0.2, 0.25) is 0 Å². The van der Waals surface area contributed by atoms with Crippen molar-refractivity contribution in [3.63, 3.8) is 0 Å². The maximum absolute atomic E-state index is 5.25. The topological polar surface area (TPSA) is 51.0 Å². The summed E-state index contributed by atoms with van der Waals surface area (Å²) in [5, 5.41) is 2.90. The lowest BCUT2D eigenvalue weighted by Gasteiger charge is -1.99. The van der Waals surface area contributed by atoms with Crippen LogP contribution in [-0.4, -0.2) is 17.0 Å². The van der Waals surface area contributed by atoms with Gasteiger partial charge in [-0.25, -0.2) is 9.97 Å². The third-order valence-electron chi connectivity index (χ3n) is 1.76. The van der Waals surface area contributed by atoms with Crippen LogP contribution in [-0.2, 0) is 0 Å². The number of furan rings is 1. The van der Waals surface area contributed by atoms with Crippen molar-refractivity contribution in [3.8, 4) is 11.5 Å². The number of hydrogen-bond donors (Lipinski definition) is 1. The molecule has 72 valence electrons. The minimum absolute atomic E-state index is 0.695. The first-order valence-corrected chi connectivity index (χ1v) is 4.83. The Morgan fingerprint density at radius 3 is 2.71 bits per heavy atom. The van der Waals surface area contributed by atoms with Crippen LogP contribution in [0.4, 0.5) is 5.82 Å². The molecule has 0 amide bonds. The first-order chi connectivity index (χ1) is 6.81. The Morgan fingerprint density at radius 1 is 1.36 bits per heavy atom. The van der Waals surface area contributed by atoms with E-state index in [9.17, 15) is 0 Å². The van der Waals surface area contributed by atoms with E-state index >= 15 is 0 Å². The summed E-state index contributed by atoms with van der Waals surface area (Å²) < 4.78 is 6.13. The Balaban J connectivity index is 2.39. The smallest absolute Gasteiger partial charge is 0.167 e. The zero-order chi connectivity index (χ0) is 9.97. The van der Waals surface area contributed by atoms with Crippen molar-refractivity contribution >= 4 is 21.7 Å². The Hall–Kier alpha value is -1.36. The van der Waals surface area contributed by atoms with Gasteiger partial charge in [-0.05, 0) is 22.0 Å². The van der Waals surface area contributed by atoms with Crippen molar-refractivity contribution in [1.29, 1.82) is 0 Å². The van der Waals surface area contributed by atoms with Crippen molar-refractivity contribution in [2.75, 3.05) is 12.4 Å². The maximum atomic E-state index is 5.25. The molecule has 0 saturated carbocycles. The quantitative estimate of drug-likeness (QED) is 0.894. The number of anilines is 1. The largest absolute Gasteiger partial charge is 0.461 e. The van der Waals surface area contributed by atoms with Crippen LogP contribution in [0, 0.1) is 0 Å². The second-order valence-corrected chi connectivity index (χ2v) is 3.49. The van der Waals surface area contributed by atoms with E-state index in [1.54, 1.807) is 25.7 Å². The third kappa shape index (κ3) is 1.63. The van der Waals surface area contributed by atoms with Crippen molar-refractivity contribution in [2.24, 2.45) is 0 Å². The highest BCUT2D eigenvalue weighted by Gasteiger charge is 2.07. The fraction of sp³-hybridized carbons (Fsp3) is 0.111. The van der Waals surface area contributed by atoms with Gasteiger partial charge < -0.3 is 9.73 Å². The van der Waals surface area contributed by atoms with Gasteiger partial charge in [-0.15, -0.1) is 0 Å². The first kappa shape index (κ1) is 9.21. The Labute approximate surface area is 89.5 Å². The molecule has 0 aromatic carbocycles. The SMILES string of the molecule is CNc1cnc(-c2occc2Br)cn1. The minimum atomic E-state index is 0.695. The molecule has 2 heterocycles. The summed E-state index contributed by atoms with van der Waals surface area (Å²) in [6, 6.07) is 1.82. The summed E-state index contributed by atoms with van der Waals surface area (Å²) >= 11 is 3.36. The van der Waals surface area contributed by atoms with Gasteiger partial charge in [0.2, 0.25) is 0 Å². The number of rotatable bonds is 2. The van der Waals surface area contributed by atoms with Crippen LogP contribution in [0.3, 0.4) is 0 Å². The van der Waals surface area contributed by atoms with E-state index in [1.807, 2.05) is 6.07 Å². The highest BCUT2D eigenvalue weighted by Crippen LogP contribution is 2.27. The molecular weight excluding hydrogens is 246 g/mol. The van der Waals surface area contributed by atoms with Crippen LogP contribution < -0.4 is 5.32 Å². The molecule has 4 nitrogen and oxygen atoms in total. The second-order valence-electron chi connectivity index (χ2n) is 2.63. The summed E-state index contributed by atoms with van der Waals surface area (Å²) in [6.07, 6.45) is 4.92. The molecule has 0 bridgehead atoms. The van der Waals surface area contributed by atoms with E-state index in [4.69, 9.17) is 4.42 Å². The van der Waals surface area contributed by atoms with Gasteiger partial charge in [-0.3, -0.25) is 0 Å². The third-order valence-corrected chi connectivity index (χ3v) is 2.38. The minimum Gasteiger partial charge on any atom is -0.461 e. The van der Waals surface area contributed by atoms with Gasteiger partial charge in [-0.2, -0.15) is 0 Å². The molecule has 0 aliphatic carbocycles. The molecule has 5 heteroatoms. The fourth-order valence-corrected chi connectivity index (χ4v) is 1.46. The molecule has 2 aromatic rings. The van der Waals surface area contributed by atoms with E-state index < -0.39 is 0 Å². The lowest BCUT2D eigenvalue weighted by molar-refractivity contribution is 0.578. The number of halogens is 1. The van der Waals surface area contributed by atoms with E-state index in [0.717, 1.165) is 10.3 Å². The molecule has 0 fully saturated rings. The molecule has 0 radical (unpaired) electrons. The lowest BCUT2D eigenvalue weighted by atomic mass is 10.3. The van der Waals surface area contributed by atoms with Gasteiger partial charge in [-0.1, -0.05) is 0 Å². The van der Waals surface area contributed by atoms with Gasteiger partial charge in [0.25, 0.3) is 0 Å². The van der Waals surface area contributed by atoms with Crippen molar-refractivity contribution in [2.45, 2.75) is 0 Å². The predicted octanol–water partition coefficient (Wildman–Crippen LogP) is 2.54. The molecular formula is C9H8BrN3O. The zero-order valence-corrected chi connectivity index (χ0v) is 9.08. The number of aromatic nitrogens is 2. The van der Waals surface area contributed by atoms with Crippen LogP contribution in [0.5, 0.6) is 0 Å². The van der Waals surface area contributed by atoms with Crippen LogP contribution >= 0.6 is 15.9 Å². The second kappa shape index (κ2) is 3.79. The zero-order valence-electron chi connectivity index (χ0n) is 7.49. The van der Waals surface area contributed by atoms with Crippen molar-refractivity contribution in [3.05, 3.63) is 29.2 Å². The molecule has 2 rings (SSSR count). The van der Waals surface area contributed by atoms with E-state index in [1.165, 1.54) is 0 Å². The van der Waals surface area contributed by atoms with Crippen molar-refractivity contribution in [1.82, 2.24) is 9.97 Å². The van der Waals surface area contributed by atoms with Gasteiger partial charge >= 0.3 is 0 Å². The first-order valence-electron chi connectivity index (χ1n) is 4.04. The van der Waals surface area contributed by atoms with Crippen LogP contribution in [0.1, 0.15) is 0 Å². The summed E-state index contributed by atoms with van der Waals surface area (Å²) in [5.74, 6) is 1.43. The maximum Gasteiger partial charge on any atom is 0.167 e. The molecule has 14 heavy (non-hydrogen) atoms. The molecule has 0 spiro atoms. The molecule has 0 aliphatic heterocycles. The number of nitrogens with one attached hydrogen (secondary N) is 1. The Morgan fingerprint density at radius 2 is 2.21 bits per heavy atom. The van der Waals surface area contributed by atoms with Crippen LogP contribution in [0.25, 0.3) is 11.5 Å². The molecule has 2 aromatic heterocycles. The Kier molecular flexibility index (Phi) is 2.49. The highest BCUT2D eigenvalue weighted by molar-refractivity contribution is 9.10. The predicted molar refractivity (Wildman–Crippen MR) is 57.0 cm³/mol. The molecule has 1 N–H and O–H groups in total. The fourth-order valence-electron chi connectivity index (χ4n) is 1.05. The van der Waals surface area contributed by atoms with Crippen molar-refractivity contribution < 1.29 is 4.42 Å². The average Bonchev–Trinajstić information content (AvgIpc) is 2.65. The lowest BCUT2D eigenvalue weighted by Crippen LogP contribution is -1.93. The molecule has 0 atom stereocenters. The van der Waals surface area contributed by atoms with Gasteiger partial charge in [0, 0.05) is 7.05 Å². The number of nitrogens with zero attached hydrogens (tertiary/aromatic N) is 2. The van der Waals surface area contributed by atoms with Gasteiger partial charge in [0.05, 0.1) is 23.1 Å². The van der Waals surface area contributed by atoms with Gasteiger partial charge in [0.15, 0.2) is 5.76 Å². The molecule has 0 saturated heterocycles. The van der Waals surface area contributed by atoms with Gasteiger partial charge in [0.1, 0.15) is 11.5 Å². The molecule has 0 unspecified atom stereocenters. The summed E-state index contributed by atoms with van der Waals surface area (Å²) in [4.78, 5) is 8.34. The number of hydrogen-bond acceptors (Lipinski definition) is 4. The highest BCUT2D eigenvalue weighted by atomic mass is 79.9. The monoisotopic (exact) mass is 253 g/mol. The standard InChI is InChI=1S/C9H8BrN3O/c1-11-8-5-12-7(4-13-8)9-6(10)2-3-14-9/h2-5H,1H3,(H,11,13). The summed E-state index contributed by atoms with van der Waals surface area (Å²) in [5.41, 5.74) is 0.709. The summed E-state index contributed by atoms with van der Waals surface area (Å²) in [6.45, 7) is 0. The van der Waals surface area contributed by atoms with E-state index in [0.29, 0.717) is 11.5 Å². The normalized spacial score (nSPS) is 10.1. The van der Waals surface area contributed by atoms with Crippen LogP contribution in [0.15, 0.2) is 33.6 Å². The van der Waals surface area contributed by atoms with E-state index in [2.05, 4.69) is 31.2 Å².